The summed E-state index contributed by atoms with van der Waals surface area (Å²) in [6.45, 7) is 3.10. The van der Waals surface area contributed by atoms with Gasteiger partial charge in [0.25, 0.3) is 0 Å². The molecule has 0 saturated carbocycles. The zero-order chi connectivity index (χ0) is 15.9. The number of thioether (sulfide) groups is 2. The van der Waals surface area contributed by atoms with Crippen LogP contribution in [0, 0.1) is 11.8 Å². The maximum Gasteiger partial charge on any atom is 0.190 e. The molecule has 0 radical (unpaired) electrons. The molecule has 0 aromatic heterocycles. The van der Waals surface area contributed by atoms with Crippen LogP contribution in [0.15, 0.2) is 58.3 Å². The normalized spacial score (nSPS) is 9.73. The van der Waals surface area contributed by atoms with Crippen molar-refractivity contribution >= 4 is 33.8 Å². The summed E-state index contributed by atoms with van der Waals surface area (Å²) in [4.78, 5) is 23.9. The highest BCUT2D eigenvalue weighted by Gasteiger charge is 1.98. The van der Waals surface area contributed by atoms with Gasteiger partial charge in [-0.15, -0.1) is 0 Å². The van der Waals surface area contributed by atoms with Crippen molar-refractivity contribution in [3.05, 3.63) is 59.7 Å². The maximum atomic E-state index is 11.0. The topological polar surface area (TPSA) is 34.1 Å². The Balaban J connectivity index is 2.06. The first kappa shape index (κ1) is 16.4. The summed E-state index contributed by atoms with van der Waals surface area (Å²) in [5.74, 6) is 6.17. The van der Waals surface area contributed by atoms with E-state index in [0.717, 1.165) is 20.9 Å². The monoisotopic (exact) mass is 326 g/mol. The van der Waals surface area contributed by atoms with Crippen LogP contribution >= 0.6 is 23.5 Å². The number of hydrogen-bond acceptors (Lipinski definition) is 4. The van der Waals surface area contributed by atoms with Gasteiger partial charge in [0.15, 0.2) is 10.2 Å². The van der Waals surface area contributed by atoms with Gasteiger partial charge in [-0.25, -0.2) is 0 Å². The molecule has 0 spiro atoms. The molecule has 2 aromatic carbocycles. The first-order valence-electron chi connectivity index (χ1n) is 6.62. The van der Waals surface area contributed by atoms with Crippen LogP contribution in [0.5, 0.6) is 0 Å². The molecule has 0 atom stereocenters. The highest BCUT2D eigenvalue weighted by atomic mass is 32.2. The Kier molecular flexibility index (Phi) is 5.88. The molecule has 110 valence electrons. The van der Waals surface area contributed by atoms with Crippen LogP contribution in [-0.4, -0.2) is 10.2 Å². The molecule has 0 aliphatic carbocycles. The van der Waals surface area contributed by atoms with E-state index in [4.69, 9.17) is 0 Å². The van der Waals surface area contributed by atoms with Gasteiger partial charge in [0.05, 0.1) is 0 Å². The van der Waals surface area contributed by atoms with Gasteiger partial charge < -0.3 is 0 Å². The lowest BCUT2D eigenvalue weighted by molar-refractivity contribution is -0.109. The van der Waals surface area contributed by atoms with E-state index in [1.165, 1.54) is 23.5 Å². The summed E-state index contributed by atoms with van der Waals surface area (Å²) in [5, 5.41) is 0.143. The number of hydrogen-bond donors (Lipinski definition) is 0. The second-order valence-electron chi connectivity index (χ2n) is 4.49. The van der Waals surface area contributed by atoms with Gasteiger partial charge in [0.2, 0.25) is 0 Å². The molecule has 0 saturated heterocycles. The van der Waals surface area contributed by atoms with E-state index in [0.29, 0.717) is 0 Å². The van der Waals surface area contributed by atoms with Crippen molar-refractivity contribution in [2.75, 3.05) is 0 Å². The number of rotatable bonds is 2. The lowest BCUT2D eigenvalue weighted by Crippen LogP contribution is -1.82. The summed E-state index contributed by atoms with van der Waals surface area (Å²) in [6, 6.07) is 15.2. The highest BCUT2D eigenvalue weighted by molar-refractivity contribution is 8.13. The van der Waals surface area contributed by atoms with Crippen molar-refractivity contribution in [3.8, 4) is 11.8 Å². The van der Waals surface area contributed by atoms with Gasteiger partial charge in [-0.2, -0.15) is 0 Å². The third kappa shape index (κ3) is 5.44. The smallest absolute Gasteiger partial charge is 0.190 e. The molecule has 0 aliphatic heterocycles. The van der Waals surface area contributed by atoms with E-state index in [2.05, 4.69) is 11.8 Å². The molecule has 0 N–H and O–H groups in total. The molecule has 2 rings (SSSR count). The Morgan fingerprint density at radius 1 is 0.682 bits per heavy atom. The second kappa shape index (κ2) is 7.88. The average Bonchev–Trinajstić information content (AvgIpc) is 2.47. The molecule has 22 heavy (non-hydrogen) atoms. The van der Waals surface area contributed by atoms with Crippen LogP contribution in [0.2, 0.25) is 0 Å². The molecule has 0 unspecified atom stereocenters. The van der Waals surface area contributed by atoms with Crippen molar-refractivity contribution in [3.63, 3.8) is 0 Å². The predicted molar refractivity (Wildman–Crippen MR) is 91.9 cm³/mol. The van der Waals surface area contributed by atoms with Crippen molar-refractivity contribution in [1.82, 2.24) is 0 Å². The van der Waals surface area contributed by atoms with E-state index in [-0.39, 0.29) is 10.2 Å². The Morgan fingerprint density at radius 3 is 1.27 bits per heavy atom. The molecule has 0 fully saturated rings. The van der Waals surface area contributed by atoms with Crippen LogP contribution < -0.4 is 0 Å². The van der Waals surface area contributed by atoms with Gasteiger partial charge in [-0.1, -0.05) is 35.4 Å². The third-order valence-corrected chi connectivity index (χ3v) is 4.17. The van der Waals surface area contributed by atoms with Crippen LogP contribution in [-0.2, 0) is 9.59 Å². The fraction of sp³-hybridized carbons (Fsp3) is 0.111. The predicted octanol–water partition coefficient (Wildman–Crippen LogP) is 4.36. The second-order valence-corrected chi connectivity index (χ2v) is 6.99. The van der Waals surface area contributed by atoms with Gasteiger partial charge in [0.1, 0.15) is 0 Å². The van der Waals surface area contributed by atoms with Crippen LogP contribution in [0.1, 0.15) is 25.0 Å². The first-order chi connectivity index (χ1) is 10.5. The van der Waals surface area contributed by atoms with Gasteiger partial charge in [-0.3, -0.25) is 9.59 Å². The summed E-state index contributed by atoms with van der Waals surface area (Å²) < 4.78 is 0. The number of carbonyl (C=O) groups excluding carboxylic acids is 2. The Bertz CT molecular complexity index is 672. The molecule has 0 heterocycles. The minimum Gasteiger partial charge on any atom is -0.287 e. The van der Waals surface area contributed by atoms with Crippen LogP contribution in [0.4, 0.5) is 0 Å². The fourth-order valence-corrected chi connectivity index (χ4v) is 2.90. The third-order valence-electron chi connectivity index (χ3n) is 2.58. The van der Waals surface area contributed by atoms with E-state index in [1.807, 2.05) is 48.5 Å². The van der Waals surface area contributed by atoms with Gasteiger partial charge in [-0.05, 0) is 48.5 Å². The molecule has 2 nitrogen and oxygen atoms in total. The molecule has 2 aromatic rings. The zero-order valence-electron chi connectivity index (χ0n) is 12.3. The highest BCUT2D eigenvalue weighted by Crippen LogP contribution is 2.19. The molecular formula is C18H14O2S2. The van der Waals surface area contributed by atoms with E-state index in [9.17, 15) is 9.59 Å². The molecular weight excluding hydrogens is 312 g/mol. The largest absolute Gasteiger partial charge is 0.287 e. The average molecular weight is 326 g/mol. The summed E-state index contributed by atoms with van der Waals surface area (Å²) in [7, 11) is 0. The minimum absolute atomic E-state index is 0.0716. The van der Waals surface area contributed by atoms with E-state index in [1.54, 1.807) is 13.8 Å². The number of benzene rings is 2. The summed E-state index contributed by atoms with van der Waals surface area (Å²) >= 11 is 2.42. The lowest BCUT2D eigenvalue weighted by Gasteiger charge is -1.97. The first-order valence-corrected chi connectivity index (χ1v) is 8.25. The van der Waals surface area contributed by atoms with E-state index < -0.39 is 0 Å². The Hall–Kier alpha value is -1.96. The molecule has 0 bridgehead atoms. The van der Waals surface area contributed by atoms with Crippen molar-refractivity contribution < 1.29 is 9.59 Å². The molecule has 4 heteroatoms. The Morgan fingerprint density at radius 2 is 1.00 bits per heavy atom. The van der Waals surface area contributed by atoms with E-state index >= 15 is 0 Å². The van der Waals surface area contributed by atoms with Gasteiger partial charge in [0, 0.05) is 34.8 Å². The zero-order valence-corrected chi connectivity index (χ0v) is 13.9. The Labute approximate surface area is 138 Å². The van der Waals surface area contributed by atoms with Crippen LogP contribution in [0.3, 0.4) is 0 Å². The SMILES string of the molecule is CC(=O)Sc1ccc(C#Cc2ccc(SC(C)=O)cc2)cc1. The lowest BCUT2D eigenvalue weighted by atomic mass is 10.2. The summed E-state index contributed by atoms with van der Waals surface area (Å²) in [6.07, 6.45) is 0. The quantitative estimate of drug-likeness (QED) is 0.606. The van der Waals surface area contributed by atoms with Crippen molar-refractivity contribution in [2.24, 2.45) is 0 Å². The minimum atomic E-state index is 0.0716. The number of carbonyl (C=O) groups is 2. The van der Waals surface area contributed by atoms with Crippen molar-refractivity contribution in [2.45, 2.75) is 23.6 Å². The maximum absolute atomic E-state index is 11.0. The van der Waals surface area contributed by atoms with Gasteiger partial charge >= 0.3 is 0 Å². The standard InChI is InChI=1S/C18H14O2S2/c1-13(19)21-17-9-5-15(6-10-17)3-4-16-7-11-18(12-8-16)22-14(2)20/h5-12H,1-2H3. The molecule has 0 amide bonds. The fourth-order valence-electron chi connectivity index (χ4n) is 1.69. The molecule has 0 aliphatic rings. The van der Waals surface area contributed by atoms with Crippen molar-refractivity contribution in [1.29, 1.82) is 0 Å². The van der Waals surface area contributed by atoms with Crippen LogP contribution in [0.25, 0.3) is 0 Å². The summed E-state index contributed by atoms with van der Waals surface area (Å²) in [5.41, 5.74) is 1.80.